The second-order valence-electron chi connectivity index (χ2n) is 18.1. The summed E-state index contributed by atoms with van der Waals surface area (Å²) >= 11 is 13.6. The van der Waals surface area contributed by atoms with Gasteiger partial charge >= 0.3 is 11.9 Å². The summed E-state index contributed by atoms with van der Waals surface area (Å²) in [5.74, 6) is -1.20. The van der Waals surface area contributed by atoms with Crippen molar-refractivity contribution in [1.29, 1.82) is 10.5 Å². The highest BCUT2D eigenvalue weighted by Crippen LogP contribution is 2.38. The summed E-state index contributed by atoms with van der Waals surface area (Å²) in [6, 6.07) is 23.1. The summed E-state index contributed by atoms with van der Waals surface area (Å²) in [5.41, 5.74) is 5.33. The number of benzene rings is 4. The highest BCUT2D eigenvalue weighted by molar-refractivity contribution is 6.32. The lowest BCUT2D eigenvalue weighted by Crippen LogP contribution is -2.51. The predicted octanol–water partition coefficient (Wildman–Crippen LogP) is 8.75. The zero-order valence-electron chi connectivity index (χ0n) is 40.4. The van der Waals surface area contributed by atoms with Gasteiger partial charge in [-0.2, -0.15) is 10.5 Å². The molecule has 6 N–H and O–H groups in total. The Bertz CT molecular complexity index is 2830. The van der Waals surface area contributed by atoms with Crippen molar-refractivity contribution in [2.75, 3.05) is 0 Å². The number of carboxylic acids is 2. The Morgan fingerprint density at radius 1 is 0.583 bits per heavy atom. The molecule has 2 atom stereocenters. The first kappa shape index (κ1) is 54.1. The topological polar surface area (TPSA) is 249 Å². The molecule has 0 aliphatic heterocycles. The number of nitrogens with zero attached hydrogens (tertiary/aromatic N) is 4. The third-order valence-corrected chi connectivity index (χ3v) is 12.3. The van der Waals surface area contributed by atoms with Crippen LogP contribution in [0.1, 0.15) is 83.3 Å². The highest BCUT2D eigenvalue weighted by atomic mass is 35.5. The molecule has 0 saturated heterocycles. The first-order chi connectivity index (χ1) is 34.2. The van der Waals surface area contributed by atoms with Gasteiger partial charge in [-0.05, 0) is 99.2 Å². The van der Waals surface area contributed by atoms with E-state index in [4.69, 9.17) is 42.1 Å². The second kappa shape index (κ2) is 23.8. The van der Waals surface area contributed by atoms with E-state index in [1.54, 1.807) is 48.8 Å². The number of carbonyl (C=O) groups is 2. The molecule has 374 valence electrons. The number of hydrogen-bond donors (Lipinski definition) is 6. The third-order valence-electron chi connectivity index (χ3n) is 11.7. The average molecular weight is 1020 g/mol. The van der Waals surface area contributed by atoms with Crippen LogP contribution in [0.25, 0.3) is 11.1 Å². The molecule has 0 unspecified atom stereocenters. The van der Waals surface area contributed by atoms with Crippen LogP contribution in [0.2, 0.25) is 10.0 Å². The molecule has 6 aromatic rings. The number of hydrogen-bond acceptors (Lipinski definition) is 14. The van der Waals surface area contributed by atoms with E-state index in [0.29, 0.717) is 56.4 Å². The molecule has 72 heavy (non-hydrogen) atoms. The van der Waals surface area contributed by atoms with E-state index in [9.17, 15) is 40.5 Å². The molecule has 0 radical (unpaired) electrons. The van der Waals surface area contributed by atoms with Gasteiger partial charge in [-0.25, -0.2) is 0 Å². The lowest BCUT2D eigenvalue weighted by Gasteiger charge is -2.27. The fourth-order valence-corrected chi connectivity index (χ4v) is 8.25. The van der Waals surface area contributed by atoms with E-state index < -0.39 is 35.2 Å². The summed E-state index contributed by atoms with van der Waals surface area (Å²) in [7, 11) is 0. The molecule has 0 saturated carbocycles. The molecule has 4 aromatic carbocycles. The Kier molecular flexibility index (Phi) is 17.8. The summed E-state index contributed by atoms with van der Waals surface area (Å²) in [5, 5.41) is 65.7. The summed E-state index contributed by atoms with van der Waals surface area (Å²) < 4.78 is 25.1. The number of nitrogens with one attached hydrogen (secondary N) is 2. The van der Waals surface area contributed by atoms with Crippen molar-refractivity contribution in [1.82, 2.24) is 20.6 Å². The second-order valence-corrected chi connectivity index (χ2v) is 18.9. The van der Waals surface area contributed by atoms with Crippen molar-refractivity contribution < 1.29 is 49.0 Å². The quantitative estimate of drug-likeness (QED) is 0.0351. The Hall–Kier alpha value is -7.28. The minimum absolute atomic E-state index is 0.0241. The molecule has 0 aliphatic rings. The predicted molar refractivity (Wildman–Crippen MR) is 269 cm³/mol. The van der Waals surface area contributed by atoms with Gasteiger partial charge in [-0.3, -0.25) is 30.2 Å². The SMILES string of the molecule is Cc1c(COc2cc(OCc3cncc(C#N)c3)c(CN[C@H](C(=O)O)C(C)(C)O)cc2Cl)cccc1-c1cccc(COc2cc(OCc3cncc(C#N)c3)c(CN[C@H](C(=O)O)C(C)(C)O)cc2Cl)c1C. The molecule has 2 heterocycles. The number of aliphatic hydroxyl groups is 2. The van der Waals surface area contributed by atoms with Gasteiger partial charge in [0.05, 0.1) is 32.4 Å². The summed E-state index contributed by atoms with van der Waals surface area (Å²) in [4.78, 5) is 32.2. The number of aliphatic carboxylic acids is 2. The van der Waals surface area contributed by atoms with Crippen molar-refractivity contribution in [3.05, 3.63) is 163 Å². The fraction of sp³-hybridized carbons (Fsp3) is 0.296. The lowest BCUT2D eigenvalue weighted by molar-refractivity contribution is -0.146. The van der Waals surface area contributed by atoms with Crippen LogP contribution in [0.5, 0.6) is 23.0 Å². The smallest absolute Gasteiger partial charge is 0.323 e. The average Bonchev–Trinajstić information content (AvgIpc) is 3.32. The van der Waals surface area contributed by atoms with Crippen molar-refractivity contribution >= 4 is 35.1 Å². The largest absolute Gasteiger partial charge is 0.488 e. The van der Waals surface area contributed by atoms with Gasteiger partial charge in [0.1, 0.15) is 73.6 Å². The van der Waals surface area contributed by atoms with E-state index in [1.165, 1.54) is 40.1 Å². The van der Waals surface area contributed by atoms with E-state index in [0.717, 1.165) is 33.4 Å². The molecular formula is C54H54Cl2N6O10. The maximum atomic E-state index is 12.0. The fourth-order valence-electron chi connectivity index (χ4n) is 7.77. The van der Waals surface area contributed by atoms with Gasteiger partial charge < -0.3 is 39.4 Å². The first-order valence-electron chi connectivity index (χ1n) is 22.5. The molecule has 2 aromatic heterocycles. The van der Waals surface area contributed by atoms with Crippen LogP contribution in [0.4, 0.5) is 0 Å². The maximum absolute atomic E-state index is 12.0. The molecule has 0 spiro atoms. The van der Waals surface area contributed by atoms with Crippen LogP contribution in [0.3, 0.4) is 0 Å². The normalized spacial score (nSPS) is 12.3. The molecule has 0 bridgehead atoms. The van der Waals surface area contributed by atoms with Crippen molar-refractivity contribution in [3.63, 3.8) is 0 Å². The Morgan fingerprint density at radius 2 is 0.958 bits per heavy atom. The molecule has 0 aliphatic carbocycles. The van der Waals surface area contributed by atoms with Crippen LogP contribution in [-0.4, -0.2) is 65.6 Å². The number of ether oxygens (including phenoxy) is 4. The highest BCUT2D eigenvalue weighted by Gasteiger charge is 2.34. The molecule has 0 fully saturated rings. The monoisotopic (exact) mass is 1020 g/mol. The van der Waals surface area contributed by atoms with E-state index in [1.807, 2.05) is 50.2 Å². The number of pyridine rings is 2. The van der Waals surface area contributed by atoms with Gasteiger partial charge in [-0.15, -0.1) is 0 Å². The number of halogens is 2. The van der Waals surface area contributed by atoms with Crippen LogP contribution in [0.15, 0.2) is 97.6 Å². The van der Waals surface area contributed by atoms with E-state index >= 15 is 0 Å². The Balaban J connectivity index is 1.22. The Labute approximate surface area is 427 Å². The summed E-state index contributed by atoms with van der Waals surface area (Å²) in [6.07, 6.45) is 6.03. The summed E-state index contributed by atoms with van der Waals surface area (Å²) in [6.45, 7) is 9.83. The zero-order valence-corrected chi connectivity index (χ0v) is 41.9. The van der Waals surface area contributed by atoms with Crippen LogP contribution in [0, 0.1) is 36.5 Å². The molecular weight excluding hydrogens is 964 g/mol. The molecule has 16 nitrogen and oxygen atoms in total. The zero-order chi connectivity index (χ0) is 52.3. The number of nitriles is 2. The van der Waals surface area contributed by atoms with Gasteiger partial charge in [0.25, 0.3) is 0 Å². The molecule has 18 heteroatoms. The molecule has 0 amide bonds. The van der Waals surface area contributed by atoms with Crippen LogP contribution < -0.4 is 29.6 Å². The van der Waals surface area contributed by atoms with Crippen molar-refractivity contribution in [2.45, 2.75) is 104 Å². The van der Waals surface area contributed by atoms with E-state index in [2.05, 4.69) is 32.7 Å². The van der Waals surface area contributed by atoms with Crippen LogP contribution >= 0.6 is 23.2 Å². The Morgan fingerprint density at radius 3 is 1.31 bits per heavy atom. The van der Waals surface area contributed by atoms with Gasteiger partial charge in [0.2, 0.25) is 0 Å². The third kappa shape index (κ3) is 14.0. The molecule has 6 rings (SSSR count). The first-order valence-corrected chi connectivity index (χ1v) is 23.3. The van der Waals surface area contributed by atoms with Gasteiger partial charge in [0, 0.05) is 72.3 Å². The van der Waals surface area contributed by atoms with Crippen LogP contribution in [-0.2, 0) is 49.1 Å². The lowest BCUT2D eigenvalue weighted by atomic mass is 9.92. The van der Waals surface area contributed by atoms with Crippen molar-refractivity contribution in [3.8, 4) is 46.3 Å². The van der Waals surface area contributed by atoms with Gasteiger partial charge in [-0.1, -0.05) is 59.6 Å². The van der Waals surface area contributed by atoms with Crippen molar-refractivity contribution in [2.24, 2.45) is 0 Å². The van der Waals surface area contributed by atoms with Gasteiger partial charge in [0.15, 0.2) is 0 Å². The van der Waals surface area contributed by atoms with E-state index in [-0.39, 0.29) is 49.6 Å². The number of carboxylic acid groups (broad SMARTS) is 2. The number of aromatic nitrogens is 2. The minimum atomic E-state index is -1.59. The minimum Gasteiger partial charge on any atom is -0.488 e. The maximum Gasteiger partial charge on any atom is 0.323 e. The standard InChI is InChI=1S/C54H54Cl2N6O10/c1-31-37(29-71-47-17-45(69-27-35-13-33(19-57)21-59-23-35)39(15-43(47)55)25-61-49(51(63)64)53(3,4)67)9-7-11-41(31)42-12-8-10-38(32(42)2)30-72-48-18-46(70-28-36-14-34(20-58)22-60-24-36)40(16-44(48)56)26-62-50(52(65)66)54(5,6)68/h7-18,21-24,49-50,61-62,67-68H,25-30H2,1-6H3,(H,63,64)(H,65,66)/t49-,50-/m1/s1. The number of rotatable bonds is 23.